The number of halogens is 2. The highest BCUT2D eigenvalue weighted by Crippen LogP contribution is 2.21. The van der Waals surface area contributed by atoms with Crippen LogP contribution in [0.25, 0.3) is 0 Å². The van der Waals surface area contributed by atoms with Gasteiger partial charge in [0.15, 0.2) is 0 Å². The fourth-order valence-corrected chi connectivity index (χ4v) is 1.42. The molecular formula is C8H5BrFNO. The number of aliphatic hydroxyl groups is 1. The zero-order valence-electron chi connectivity index (χ0n) is 6.01. The molecule has 0 amide bonds. The summed E-state index contributed by atoms with van der Waals surface area (Å²) >= 11 is 3.05. The second-order valence-electron chi connectivity index (χ2n) is 2.18. The maximum Gasteiger partial charge on any atom is 0.125 e. The Morgan fingerprint density at radius 2 is 2.25 bits per heavy atom. The van der Waals surface area contributed by atoms with Gasteiger partial charge in [-0.25, -0.2) is 4.39 Å². The van der Waals surface area contributed by atoms with E-state index in [2.05, 4.69) is 15.9 Å². The first-order valence-electron chi connectivity index (χ1n) is 3.18. The molecule has 2 nitrogen and oxygen atoms in total. The van der Waals surface area contributed by atoms with Crippen LogP contribution in [0.15, 0.2) is 16.6 Å². The third-order valence-electron chi connectivity index (χ3n) is 1.44. The van der Waals surface area contributed by atoms with Crippen LogP contribution in [0.2, 0.25) is 0 Å². The molecule has 0 aromatic heterocycles. The van der Waals surface area contributed by atoms with Gasteiger partial charge in [-0.3, -0.25) is 0 Å². The largest absolute Gasteiger partial charge is 0.392 e. The highest BCUT2D eigenvalue weighted by Gasteiger charge is 2.07. The van der Waals surface area contributed by atoms with Crippen molar-refractivity contribution in [1.82, 2.24) is 0 Å². The monoisotopic (exact) mass is 229 g/mol. The second kappa shape index (κ2) is 3.65. The molecule has 0 aliphatic carbocycles. The summed E-state index contributed by atoms with van der Waals surface area (Å²) in [6, 6.07) is 4.11. The smallest absolute Gasteiger partial charge is 0.125 e. The van der Waals surface area contributed by atoms with Crippen LogP contribution in [-0.2, 0) is 6.61 Å². The molecule has 0 radical (unpaired) electrons. The van der Waals surface area contributed by atoms with Crippen molar-refractivity contribution < 1.29 is 9.50 Å². The van der Waals surface area contributed by atoms with Crippen molar-refractivity contribution in [3.8, 4) is 6.07 Å². The van der Waals surface area contributed by atoms with Gasteiger partial charge < -0.3 is 5.11 Å². The van der Waals surface area contributed by atoms with E-state index in [0.29, 0.717) is 10.0 Å². The van der Waals surface area contributed by atoms with Crippen molar-refractivity contribution in [2.45, 2.75) is 6.61 Å². The van der Waals surface area contributed by atoms with Crippen molar-refractivity contribution >= 4 is 15.9 Å². The van der Waals surface area contributed by atoms with E-state index in [0.717, 1.165) is 6.07 Å². The molecule has 0 saturated carbocycles. The molecule has 0 fully saturated rings. The molecule has 0 bridgehead atoms. The molecule has 0 atom stereocenters. The third kappa shape index (κ3) is 1.63. The highest BCUT2D eigenvalue weighted by molar-refractivity contribution is 9.10. The standard InChI is InChI=1S/C8H5BrFNO/c9-8-2-6(10)1-5(3-11)7(8)4-12/h1-2,12H,4H2. The van der Waals surface area contributed by atoms with Gasteiger partial charge in [0.05, 0.1) is 18.2 Å². The number of hydrogen-bond donors (Lipinski definition) is 1. The Morgan fingerprint density at radius 1 is 1.58 bits per heavy atom. The molecule has 0 aliphatic rings. The average Bonchev–Trinajstić information content (AvgIpc) is 2.03. The van der Waals surface area contributed by atoms with Crippen LogP contribution in [0.4, 0.5) is 4.39 Å². The van der Waals surface area contributed by atoms with Crippen molar-refractivity contribution in [3.05, 3.63) is 33.5 Å². The second-order valence-corrected chi connectivity index (χ2v) is 3.04. The first kappa shape index (κ1) is 9.17. The Labute approximate surface area is 77.4 Å². The predicted molar refractivity (Wildman–Crippen MR) is 44.7 cm³/mol. The van der Waals surface area contributed by atoms with Gasteiger partial charge in [0.2, 0.25) is 0 Å². The average molecular weight is 230 g/mol. The van der Waals surface area contributed by atoms with Gasteiger partial charge in [-0.15, -0.1) is 0 Å². The van der Waals surface area contributed by atoms with Crippen LogP contribution in [0.3, 0.4) is 0 Å². The summed E-state index contributed by atoms with van der Waals surface area (Å²) in [5.41, 5.74) is 0.572. The Balaban J connectivity index is 3.36. The van der Waals surface area contributed by atoms with Gasteiger partial charge in [-0.1, -0.05) is 15.9 Å². The van der Waals surface area contributed by atoms with Gasteiger partial charge in [-0.2, -0.15) is 5.26 Å². The normalized spacial score (nSPS) is 9.50. The lowest BCUT2D eigenvalue weighted by atomic mass is 10.1. The Hall–Kier alpha value is -0.920. The minimum atomic E-state index is -0.490. The first-order valence-corrected chi connectivity index (χ1v) is 3.97. The van der Waals surface area contributed by atoms with E-state index < -0.39 is 5.82 Å². The molecule has 12 heavy (non-hydrogen) atoms. The maximum atomic E-state index is 12.7. The Morgan fingerprint density at radius 3 is 2.75 bits per heavy atom. The SMILES string of the molecule is N#Cc1cc(F)cc(Br)c1CO. The number of benzene rings is 1. The fraction of sp³-hybridized carbons (Fsp3) is 0.125. The molecule has 1 aromatic rings. The summed E-state index contributed by atoms with van der Waals surface area (Å²) in [5.74, 6) is -0.490. The molecule has 0 aliphatic heterocycles. The number of nitrogens with zero attached hydrogens (tertiary/aromatic N) is 1. The lowest BCUT2D eigenvalue weighted by Crippen LogP contribution is -1.92. The molecule has 1 aromatic carbocycles. The topological polar surface area (TPSA) is 44.0 Å². The number of aliphatic hydroxyl groups excluding tert-OH is 1. The summed E-state index contributed by atoms with van der Waals surface area (Å²) in [7, 11) is 0. The zero-order chi connectivity index (χ0) is 9.14. The molecule has 0 spiro atoms. The van der Waals surface area contributed by atoms with Crippen molar-refractivity contribution in [3.63, 3.8) is 0 Å². The lowest BCUT2D eigenvalue weighted by Gasteiger charge is -2.02. The minimum Gasteiger partial charge on any atom is -0.392 e. The van der Waals surface area contributed by atoms with Crippen molar-refractivity contribution in [1.29, 1.82) is 5.26 Å². The number of rotatable bonds is 1. The summed E-state index contributed by atoms with van der Waals surface area (Å²) in [5, 5.41) is 17.4. The van der Waals surface area contributed by atoms with E-state index >= 15 is 0 Å². The van der Waals surface area contributed by atoms with E-state index in [1.807, 2.05) is 0 Å². The van der Waals surface area contributed by atoms with E-state index in [-0.39, 0.29) is 12.2 Å². The molecule has 4 heteroatoms. The maximum absolute atomic E-state index is 12.7. The molecule has 0 heterocycles. The fourth-order valence-electron chi connectivity index (χ4n) is 0.864. The summed E-state index contributed by atoms with van der Waals surface area (Å²) in [6.07, 6.45) is 0. The first-order chi connectivity index (χ1) is 5.69. The van der Waals surface area contributed by atoms with Crippen LogP contribution >= 0.6 is 15.9 Å². The van der Waals surface area contributed by atoms with E-state index in [4.69, 9.17) is 10.4 Å². The zero-order valence-corrected chi connectivity index (χ0v) is 7.60. The van der Waals surface area contributed by atoms with Crippen LogP contribution in [-0.4, -0.2) is 5.11 Å². The third-order valence-corrected chi connectivity index (χ3v) is 2.15. The van der Waals surface area contributed by atoms with Gasteiger partial charge in [0.1, 0.15) is 5.82 Å². The van der Waals surface area contributed by atoms with Crippen LogP contribution in [0, 0.1) is 17.1 Å². The van der Waals surface area contributed by atoms with Gasteiger partial charge in [0, 0.05) is 10.0 Å². The molecule has 0 saturated heterocycles. The van der Waals surface area contributed by atoms with Gasteiger partial charge in [-0.05, 0) is 12.1 Å². The predicted octanol–water partition coefficient (Wildman–Crippen LogP) is 1.95. The highest BCUT2D eigenvalue weighted by atomic mass is 79.9. The number of hydrogen-bond acceptors (Lipinski definition) is 2. The Kier molecular flexibility index (Phi) is 2.79. The Bertz CT molecular complexity index is 346. The van der Waals surface area contributed by atoms with E-state index in [1.54, 1.807) is 6.07 Å². The van der Waals surface area contributed by atoms with Gasteiger partial charge in [0.25, 0.3) is 0 Å². The minimum absolute atomic E-state index is 0.157. The summed E-state index contributed by atoms with van der Waals surface area (Å²) < 4.78 is 13.1. The number of nitriles is 1. The molecule has 0 unspecified atom stereocenters. The lowest BCUT2D eigenvalue weighted by molar-refractivity contribution is 0.280. The van der Waals surface area contributed by atoms with Crippen LogP contribution < -0.4 is 0 Å². The van der Waals surface area contributed by atoms with Crippen LogP contribution in [0.5, 0.6) is 0 Å². The molecule has 1 N–H and O–H groups in total. The van der Waals surface area contributed by atoms with E-state index in [9.17, 15) is 4.39 Å². The van der Waals surface area contributed by atoms with Crippen LogP contribution in [0.1, 0.15) is 11.1 Å². The van der Waals surface area contributed by atoms with Crippen molar-refractivity contribution in [2.75, 3.05) is 0 Å². The summed E-state index contributed by atoms with van der Waals surface area (Å²) in [4.78, 5) is 0. The molecule has 1 rings (SSSR count). The summed E-state index contributed by atoms with van der Waals surface area (Å²) in [6.45, 7) is -0.274. The molecule has 62 valence electrons. The van der Waals surface area contributed by atoms with E-state index in [1.165, 1.54) is 6.07 Å². The van der Waals surface area contributed by atoms with Crippen molar-refractivity contribution in [2.24, 2.45) is 0 Å². The molecular weight excluding hydrogens is 225 g/mol. The van der Waals surface area contributed by atoms with Gasteiger partial charge >= 0.3 is 0 Å². The quantitative estimate of drug-likeness (QED) is 0.801.